The van der Waals surface area contributed by atoms with Gasteiger partial charge in [0.15, 0.2) is 0 Å². The maximum Gasteiger partial charge on any atom is 0.416 e. The zero-order chi connectivity index (χ0) is 44.7. The Labute approximate surface area is 355 Å². The second-order valence-corrected chi connectivity index (χ2v) is 18.6. The molecule has 2 saturated carbocycles. The summed E-state index contributed by atoms with van der Waals surface area (Å²) in [6.45, 7) is 9.47. The second kappa shape index (κ2) is 17.5. The minimum atomic E-state index is -4.91. The van der Waals surface area contributed by atoms with Gasteiger partial charge in [0.2, 0.25) is 27.7 Å². The summed E-state index contributed by atoms with van der Waals surface area (Å²) in [6, 6.07) is 4.06. The molecule has 0 radical (unpaired) electrons. The van der Waals surface area contributed by atoms with Crippen molar-refractivity contribution in [1.82, 2.24) is 24.7 Å². The van der Waals surface area contributed by atoms with E-state index in [-0.39, 0.29) is 50.5 Å². The summed E-state index contributed by atoms with van der Waals surface area (Å²) in [5, 5.41) is 7.47. The molecule has 4 fully saturated rings. The molecule has 0 bridgehead atoms. The van der Waals surface area contributed by atoms with Crippen molar-refractivity contribution in [3.63, 3.8) is 0 Å². The number of rotatable bonds is 14. The number of morpholine rings is 1. The molecule has 4 N–H and O–H groups in total. The highest BCUT2D eigenvalue weighted by molar-refractivity contribution is 7.91. The van der Waals surface area contributed by atoms with Crippen LogP contribution in [-0.4, -0.2) is 121 Å². The largest absolute Gasteiger partial charge is 0.444 e. The van der Waals surface area contributed by atoms with Gasteiger partial charge in [-0.15, -0.1) is 0 Å². The topological polar surface area (TPSA) is 196 Å². The fourth-order valence-corrected chi connectivity index (χ4v) is 9.58. The van der Waals surface area contributed by atoms with Crippen molar-refractivity contribution in [1.29, 1.82) is 0 Å². The van der Waals surface area contributed by atoms with Crippen molar-refractivity contribution < 1.29 is 59.4 Å². The molecular weight excluding hydrogens is 843 g/mol. The number of halogens is 4. The Kier molecular flexibility index (Phi) is 12.6. The highest BCUT2D eigenvalue weighted by atomic mass is 32.2. The van der Waals surface area contributed by atoms with Crippen LogP contribution >= 0.6 is 0 Å². The average molecular weight is 892 g/mol. The molecule has 2 aliphatic carbocycles. The van der Waals surface area contributed by atoms with Crippen LogP contribution in [0.4, 0.5) is 33.7 Å². The van der Waals surface area contributed by atoms with Gasteiger partial charge in [-0.2, -0.15) is 13.2 Å². The van der Waals surface area contributed by atoms with E-state index < -0.39 is 92.0 Å². The van der Waals surface area contributed by atoms with E-state index in [0.29, 0.717) is 63.4 Å². The number of nitrogens with zero attached hydrogens (tertiary/aromatic N) is 3. The predicted octanol–water partition coefficient (Wildman–Crippen LogP) is 3.49. The Morgan fingerprint density at radius 1 is 1.02 bits per heavy atom. The zero-order valence-corrected chi connectivity index (χ0v) is 35.0. The lowest BCUT2D eigenvalue weighted by molar-refractivity contribution is -0.139. The number of hydrogen-bond acceptors (Lipinski definition) is 11. The molecule has 2 aromatic carbocycles. The van der Waals surface area contributed by atoms with Crippen LogP contribution in [-0.2, 0) is 57.9 Å². The first-order chi connectivity index (χ1) is 29.3. The number of carbonyl (C=O) groups excluding carboxylic acids is 5. The van der Waals surface area contributed by atoms with Crippen molar-refractivity contribution >= 4 is 51.1 Å². The fraction of sp³-hybridized carbons (Fsp3) is 0.537. The lowest BCUT2D eigenvalue weighted by Crippen LogP contribution is -2.57. The predicted molar refractivity (Wildman–Crippen MR) is 215 cm³/mol. The Balaban J connectivity index is 1.07. The molecule has 62 heavy (non-hydrogen) atoms. The summed E-state index contributed by atoms with van der Waals surface area (Å²) in [7, 11) is -3.99. The van der Waals surface area contributed by atoms with Gasteiger partial charge in [0.1, 0.15) is 29.5 Å². The normalized spacial score (nSPS) is 24.1. The highest BCUT2D eigenvalue weighted by Gasteiger charge is 2.62. The van der Waals surface area contributed by atoms with Crippen molar-refractivity contribution in [3.8, 4) is 0 Å². The van der Waals surface area contributed by atoms with Crippen LogP contribution in [0.2, 0.25) is 0 Å². The van der Waals surface area contributed by atoms with Gasteiger partial charge in [0.25, 0.3) is 5.91 Å². The maximum absolute atomic E-state index is 14.4. The van der Waals surface area contributed by atoms with E-state index in [9.17, 15) is 50.0 Å². The lowest BCUT2D eigenvalue weighted by atomic mass is 10.1. The van der Waals surface area contributed by atoms with Gasteiger partial charge >= 0.3 is 12.3 Å². The van der Waals surface area contributed by atoms with Gasteiger partial charge in [-0.3, -0.25) is 33.7 Å². The summed E-state index contributed by atoms with van der Waals surface area (Å²) in [5.74, 6) is -4.50. The summed E-state index contributed by atoms with van der Waals surface area (Å²) in [5.41, 5.74) is -1.12. The van der Waals surface area contributed by atoms with E-state index in [1.807, 2.05) is 4.90 Å². The highest BCUT2D eigenvalue weighted by Crippen LogP contribution is 2.47. The molecule has 5 atom stereocenters. The van der Waals surface area contributed by atoms with E-state index in [1.54, 1.807) is 25.1 Å². The number of likely N-dealkylation sites (tertiary alicyclic amines) is 1. The average Bonchev–Trinajstić information content (AvgIpc) is 4.10. The van der Waals surface area contributed by atoms with Crippen LogP contribution in [0.25, 0.3) is 0 Å². The van der Waals surface area contributed by atoms with Gasteiger partial charge in [-0.05, 0) is 79.1 Å². The quantitative estimate of drug-likeness (QED) is 0.160. The van der Waals surface area contributed by atoms with Crippen LogP contribution in [0, 0.1) is 11.7 Å². The van der Waals surface area contributed by atoms with E-state index in [2.05, 4.69) is 27.3 Å². The molecule has 7 rings (SSSR count). The number of amides is 5. The number of ether oxygens (including phenoxy) is 2. The molecule has 3 aliphatic heterocycles. The third kappa shape index (κ3) is 9.99. The molecule has 2 saturated heterocycles. The third-order valence-corrected chi connectivity index (χ3v) is 13.7. The summed E-state index contributed by atoms with van der Waals surface area (Å²) < 4.78 is 93.9. The molecule has 2 aromatic rings. The maximum atomic E-state index is 14.4. The van der Waals surface area contributed by atoms with Gasteiger partial charge in [-0.1, -0.05) is 26.0 Å². The number of carbonyl (C=O) groups is 5. The number of fused-ring (bicyclic) bond motifs is 1. The summed E-state index contributed by atoms with van der Waals surface area (Å²) in [6.07, 6.45) is -5.75. The Morgan fingerprint density at radius 2 is 1.73 bits per heavy atom. The molecule has 0 aromatic heterocycles. The van der Waals surface area contributed by atoms with E-state index in [4.69, 9.17) is 9.47 Å². The number of nitrogens with one attached hydrogen (secondary N) is 4. The SMILES string of the molecule is C=C(C)[C@H](Nc1cc(F)cc(C(F)(F)F)c1)C(=O)N1C[C@H](OC(=O)N2Cc3ccc(NC(=O)CN4CCOCC4)cc3C2)C[C@H]1C(=O)N[C@]1(C(=O)NS(=O)(=O)C2CC2)C[C@H]1CC. The van der Waals surface area contributed by atoms with Crippen LogP contribution in [0.1, 0.15) is 62.6 Å². The zero-order valence-electron chi connectivity index (χ0n) is 34.2. The van der Waals surface area contributed by atoms with Crippen molar-refractivity contribution in [2.24, 2.45) is 5.92 Å². The van der Waals surface area contributed by atoms with Gasteiger partial charge in [0.05, 0.1) is 37.1 Å². The molecule has 5 amide bonds. The van der Waals surface area contributed by atoms with Gasteiger partial charge in [0, 0.05) is 44.0 Å². The Hall–Kier alpha value is -5.28. The fourth-order valence-electron chi connectivity index (χ4n) is 8.22. The Bertz CT molecular complexity index is 2250. The van der Waals surface area contributed by atoms with Gasteiger partial charge in [-0.25, -0.2) is 17.6 Å². The summed E-state index contributed by atoms with van der Waals surface area (Å²) >= 11 is 0. The molecule has 5 aliphatic rings. The molecule has 21 heteroatoms. The van der Waals surface area contributed by atoms with E-state index in [1.165, 1.54) is 11.8 Å². The number of alkyl halides is 3. The standard InChI is InChI=1S/C41H49F4N7O9S/c1-4-26-18-40(26,38(56)49-62(58,59)32-7-8-32)48-36(54)33-17-31(21-52(33)37(55)35(23(2)3)47-30-15-27(41(43,44)45)14-28(42)16-30)61-39(57)51-19-24-5-6-29(13-25(24)20-51)46-34(53)22-50-9-11-60-12-10-50/h5-6,13-16,26,31-33,35,47H,2,4,7-12,17-22H2,1,3H3,(H,46,53)(H,48,54)(H,49,56)/t26-,31-,33+,35+,40-/m1/s1. The number of anilines is 2. The monoisotopic (exact) mass is 891 g/mol. The molecule has 3 heterocycles. The molecule has 0 spiro atoms. The van der Waals surface area contributed by atoms with Crippen LogP contribution in [0.3, 0.4) is 0 Å². The minimum Gasteiger partial charge on any atom is -0.444 e. The van der Waals surface area contributed by atoms with E-state index >= 15 is 0 Å². The number of benzene rings is 2. The smallest absolute Gasteiger partial charge is 0.416 e. The molecule has 336 valence electrons. The van der Waals surface area contributed by atoms with Crippen molar-refractivity contribution in [2.45, 2.75) is 94.2 Å². The Morgan fingerprint density at radius 3 is 2.37 bits per heavy atom. The summed E-state index contributed by atoms with van der Waals surface area (Å²) in [4.78, 5) is 73.0. The van der Waals surface area contributed by atoms with Crippen molar-refractivity contribution in [3.05, 3.63) is 71.1 Å². The minimum absolute atomic E-state index is 0.0910. The second-order valence-electron chi connectivity index (χ2n) is 16.6. The molecule has 0 unspecified atom stereocenters. The van der Waals surface area contributed by atoms with Crippen molar-refractivity contribution in [2.75, 3.05) is 50.0 Å². The van der Waals surface area contributed by atoms with Gasteiger partial charge < -0.3 is 30.3 Å². The molecule has 16 nitrogen and oxygen atoms in total. The first kappa shape index (κ1) is 44.8. The van der Waals surface area contributed by atoms with Crippen LogP contribution in [0.15, 0.2) is 48.6 Å². The number of hydrogen-bond donors (Lipinski definition) is 4. The van der Waals surface area contributed by atoms with Crippen LogP contribution in [0.5, 0.6) is 0 Å². The van der Waals surface area contributed by atoms with E-state index in [0.717, 1.165) is 22.1 Å². The lowest BCUT2D eigenvalue weighted by Gasteiger charge is -2.30. The number of sulfonamides is 1. The third-order valence-electron chi connectivity index (χ3n) is 11.9. The first-order valence-electron chi connectivity index (χ1n) is 20.4. The molecular formula is C41H49F4N7O9S. The first-order valence-corrected chi connectivity index (χ1v) is 22.0. The van der Waals surface area contributed by atoms with Crippen LogP contribution < -0.4 is 20.7 Å².